The molecule has 31 heavy (non-hydrogen) atoms. The van der Waals surface area contributed by atoms with Crippen LogP contribution in [0.3, 0.4) is 0 Å². The van der Waals surface area contributed by atoms with Crippen LogP contribution in [0, 0.1) is 10.1 Å². The second-order valence-corrected chi connectivity index (χ2v) is 7.64. The average Bonchev–Trinajstić information content (AvgIpc) is 2.80. The Morgan fingerprint density at radius 2 is 1.58 bits per heavy atom. The molecule has 1 N–H and O–H groups in total. The van der Waals surface area contributed by atoms with Gasteiger partial charge >= 0.3 is 0 Å². The number of piperazine rings is 1. The number of aryl methyl sites for hydroxylation is 1. The zero-order chi connectivity index (χ0) is 22.2. The monoisotopic (exact) mass is 424 g/mol. The number of non-ortho nitro benzene ring substituents is 1. The number of nitro benzene ring substituents is 1. The van der Waals surface area contributed by atoms with Crippen molar-refractivity contribution in [3.8, 4) is 0 Å². The molecule has 0 aromatic heterocycles. The van der Waals surface area contributed by atoms with Gasteiger partial charge in [0.05, 0.1) is 4.92 Å². The van der Waals surface area contributed by atoms with E-state index in [-0.39, 0.29) is 30.5 Å². The van der Waals surface area contributed by atoms with E-state index in [9.17, 15) is 19.7 Å². The molecular weight excluding hydrogens is 396 g/mol. The molecule has 2 aromatic carbocycles. The summed E-state index contributed by atoms with van der Waals surface area (Å²) in [6, 6.07) is 14.1. The molecule has 0 bridgehead atoms. The number of nitro groups is 1. The molecule has 8 heteroatoms. The first kappa shape index (κ1) is 22.4. The van der Waals surface area contributed by atoms with Crippen molar-refractivity contribution in [3.63, 3.8) is 0 Å². The van der Waals surface area contributed by atoms with E-state index in [0.29, 0.717) is 18.7 Å². The lowest BCUT2D eigenvalue weighted by Crippen LogP contribution is -2.48. The zero-order valence-electron chi connectivity index (χ0n) is 17.8. The van der Waals surface area contributed by atoms with Crippen LogP contribution in [0.1, 0.15) is 34.8 Å². The van der Waals surface area contributed by atoms with Crippen LogP contribution in [0.4, 0.5) is 5.69 Å². The van der Waals surface area contributed by atoms with Gasteiger partial charge in [-0.25, -0.2) is 0 Å². The van der Waals surface area contributed by atoms with Crippen molar-refractivity contribution in [2.45, 2.75) is 26.3 Å². The lowest BCUT2D eigenvalue weighted by Gasteiger charge is -2.34. The molecule has 1 fully saturated rings. The van der Waals surface area contributed by atoms with Gasteiger partial charge in [0.25, 0.3) is 11.6 Å². The fraction of sp³-hybridized carbons (Fsp3) is 0.391. The number of carbonyl (C=O) groups is 2. The summed E-state index contributed by atoms with van der Waals surface area (Å²) in [6.45, 7) is 6.29. The maximum absolute atomic E-state index is 12.5. The predicted octanol–water partition coefficient (Wildman–Crippen LogP) is 2.62. The lowest BCUT2D eigenvalue weighted by molar-refractivity contribution is -0.384. The maximum atomic E-state index is 12.5. The first-order valence-corrected chi connectivity index (χ1v) is 10.6. The molecule has 1 saturated heterocycles. The molecule has 0 spiro atoms. The number of hydrogen-bond acceptors (Lipinski definition) is 5. The Bertz CT molecular complexity index is 904. The van der Waals surface area contributed by atoms with E-state index in [0.717, 1.165) is 26.1 Å². The number of nitrogens with one attached hydrogen (secondary N) is 1. The smallest absolute Gasteiger partial charge is 0.269 e. The van der Waals surface area contributed by atoms with Gasteiger partial charge in [-0.15, -0.1) is 0 Å². The molecule has 164 valence electrons. The van der Waals surface area contributed by atoms with E-state index >= 15 is 0 Å². The van der Waals surface area contributed by atoms with Crippen LogP contribution >= 0.6 is 0 Å². The Morgan fingerprint density at radius 3 is 2.16 bits per heavy atom. The fourth-order valence-electron chi connectivity index (χ4n) is 3.57. The highest BCUT2D eigenvalue weighted by molar-refractivity contribution is 5.94. The largest absolute Gasteiger partial charge is 0.352 e. The third kappa shape index (κ3) is 6.36. The maximum Gasteiger partial charge on any atom is 0.269 e. The molecule has 0 unspecified atom stereocenters. The molecule has 2 aromatic rings. The van der Waals surface area contributed by atoms with Gasteiger partial charge in [0.2, 0.25) is 5.91 Å². The highest BCUT2D eigenvalue weighted by Crippen LogP contribution is 2.13. The number of carbonyl (C=O) groups excluding carboxylic acids is 2. The summed E-state index contributed by atoms with van der Waals surface area (Å²) in [5, 5.41) is 13.4. The summed E-state index contributed by atoms with van der Waals surface area (Å²) in [5.74, 6) is -0.322. The van der Waals surface area contributed by atoms with Gasteiger partial charge in [-0.05, 0) is 29.7 Å². The molecule has 1 aliphatic rings. The first-order chi connectivity index (χ1) is 15.0. The van der Waals surface area contributed by atoms with Crippen molar-refractivity contribution in [1.29, 1.82) is 0 Å². The molecule has 1 heterocycles. The minimum atomic E-state index is -0.512. The van der Waals surface area contributed by atoms with Gasteiger partial charge in [-0.2, -0.15) is 0 Å². The molecular formula is C23H28N4O4. The van der Waals surface area contributed by atoms with Crippen LogP contribution in [-0.4, -0.2) is 59.3 Å². The van der Waals surface area contributed by atoms with Crippen LogP contribution in [0.25, 0.3) is 0 Å². The van der Waals surface area contributed by atoms with Crippen LogP contribution in [0.5, 0.6) is 0 Å². The third-order valence-electron chi connectivity index (χ3n) is 5.53. The molecule has 8 nitrogen and oxygen atoms in total. The topological polar surface area (TPSA) is 95.8 Å². The highest BCUT2D eigenvalue weighted by atomic mass is 16.6. The van der Waals surface area contributed by atoms with Crippen molar-refractivity contribution in [2.75, 3.05) is 32.7 Å². The second kappa shape index (κ2) is 10.7. The molecule has 0 radical (unpaired) electrons. The fourth-order valence-corrected chi connectivity index (χ4v) is 3.57. The van der Waals surface area contributed by atoms with E-state index in [1.54, 1.807) is 0 Å². The number of rotatable bonds is 8. The van der Waals surface area contributed by atoms with Crippen molar-refractivity contribution < 1.29 is 14.5 Å². The van der Waals surface area contributed by atoms with Crippen LogP contribution in [-0.2, 0) is 17.8 Å². The van der Waals surface area contributed by atoms with Crippen molar-refractivity contribution in [1.82, 2.24) is 15.1 Å². The van der Waals surface area contributed by atoms with Gasteiger partial charge in [-0.3, -0.25) is 24.6 Å². The SMILES string of the molecule is CCc1ccc(CN2CCN(C(=O)CCNC(=O)c3ccc([N+](=O)[O-])cc3)CC2)cc1. The van der Waals surface area contributed by atoms with Gasteiger partial charge in [0.15, 0.2) is 0 Å². The number of nitrogens with zero attached hydrogens (tertiary/aromatic N) is 3. The predicted molar refractivity (Wildman–Crippen MR) is 118 cm³/mol. The Balaban J connectivity index is 1.37. The standard InChI is InChI=1S/C23H28N4O4/c1-2-18-3-5-19(6-4-18)17-25-13-15-26(16-14-25)22(28)11-12-24-23(29)20-7-9-21(10-8-20)27(30)31/h3-10H,2,11-17H2,1H3,(H,24,29). The first-order valence-electron chi connectivity index (χ1n) is 10.6. The van der Waals surface area contributed by atoms with Crippen molar-refractivity contribution in [3.05, 3.63) is 75.3 Å². The summed E-state index contributed by atoms with van der Waals surface area (Å²) in [5.41, 5.74) is 2.88. The Kier molecular flexibility index (Phi) is 7.72. The summed E-state index contributed by atoms with van der Waals surface area (Å²) in [6.07, 6.45) is 1.27. The van der Waals surface area contributed by atoms with E-state index in [1.165, 1.54) is 35.4 Å². The number of benzene rings is 2. The summed E-state index contributed by atoms with van der Waals surface area (Å²) in [4.78, 5) is 38.9. The highest BCUT2D eigenvalue weighted by Gasteiger charge is 2.21. The molecule has 2 amide bonds. The molecule has 0 atom stereocenters. The Morgan fingerprint density at radius 1 is 0.968 bits per heavy atom. The van der Waals surface area contributed by atoms with Crippen LogP contribution in [0.2, 0.25) is 0 Å². The molecule has 0 saturated carbocycles. The van der Waals surface area contributed by atoms with Crippen LogP contribution < -0.4 is 5.32 Å². The summed E-state index contributed by atoms with van der Waals surface area (Å²) in [7, 11) is 0. The van der Waals surface area contributed by atoms with E-state index in [1.807, 2.05) is 4.90 Å². The van der Waals surface area contributed by atoms with Crippen LogP contribution in [0.15, 0.2) is 48.5 Å². The quantitative estimate of drug-likeness (QED) is 0.519. The van der Waals surface area contributed by atoms with E-state index in [4.69, 9.17) is 0 Å². The van der Waals surface area contributed by atoms with E-state index in [2.05, 4.69) is 41.4 Å². The molecule has 3 rings (SSSR count). The number of amides is 2. The summed E-state index contributed by atoms with van der Waals surface area (Å²) >= 11 is 0. The Labute approximate surface area is 182 Å². The average molecular weight is 425 g/mol. The summed E-state index contributed by atoms with van der Waals surface area (Å²) < 4.78 is 0. The normalized spacial score (nSPS) is 14.3. The molecule has 0 aliphatic carbocycles. The van der Waals surface area contributed by atoms with Gasteiger partial charge in [0.1, 0.15) is 0 Å². The minimum Gasteiger partial charge on any atom is -0.352 e. The second-order valence-electron chi connectivity index (χ2n) is 7.64. The number of hydrogen-bond donors (Lipinski definition) is 1. The lowest BCUT2D eigenvalue weighted by atomic mass is 10.1. The minimum absolute atomic E-state index is 0.0240. The van der Waals surface area contributed by atoms with Crippen molar-refractivity contribution >= 4 is 17.5 Å². The molecule has 1 aliphatic heterocycles. The Hall–Kier alpha value is -3.26. The van der Waals surface area contributed by atoms with Crippen molar-refractivity contribution in [2.24, 2.45) is 0 Å². The third-order valence-corrected chi connectivity index (χ3v) is 5.53. The van der Waals surface area contributed by atoms with Gasteiger partial charge in [0, 0.05) is 63.4 Å². The van der Waals surface area contributed by atoms with Gasteiger partial charge in [-0.1, -0.05) is 31.2 Å². The van der Waals surface area contributed by atoms with Gasteiger partial charge < -0.3 is 10.2 Å². The zero-order valence-corrected chi connectivity index (χ0v) is 17.8. The van der Waals surface area contributed by atoms with E-state index < -0.39 is 4.92 Å².